The number of aromatic nitrogens is 1. The Kier molecular flexibility index (Phi) is 3.73. The third-order valence-corrected chi connectivity index (χ3v) is 3.58. The highest BCUT2D eigenvalue weighted by Gasteiger charge is 2.31. The summed E-state index contributed by atoms with van der Waals surface area (Å²) in [6.45, 7) is -0.509. The lowest BCUT2D eigenvalue weighted by Gasteiger charge is -2.14. The molecule has 1 aromatic rings. The van der Waals surface area contributed by atoms with Crippen LogP contribution in [0.25, 0.3) is 6.08 Å². The van der Waals surface area contributed by atoms with Crippen molar-refractivity contribution in [1.29, 1.82) is 0 Å². The summed E-state index contributed by atoms with van der Waals surface area (Å²) < 4.78 is 0.234. The smallest absolute Gasteiger partial charge is 0.266 e. The van der Waals surface area contributed by atoms with Gasteiger partial charge in [-0.05, 0) is 11.6 Å². The average Bonchev–Trinajstić information content (AvgIpc) is 2.58. The number of aliphatic carboxylic acids is 1. The Morgan fingerprint density at radius 2 is 2.17 bits per heavy atom. The molecule has 1 aliphatic heterocycles. The summed E-state index contributed by atoms with van der Waals surface area (Å²) in [5, 5.41) is 10.5. The molecule has 1 N–H and O–H groups in total. The van der Waals surface area contributed by atoms with E-state index >= 15 is 0 Å². The lowest BCUT2D eigenvalue weighted by molar-refractivity contribution is -0.378. The fraction of sp³-hybridized carbons (Fsp3) is 0.0909. The molecular weight excluding hydrogens is 272 g/mol. The first-order valence-electron chi connectivity index (χ1n) is 4.99. The standard InChI is InChI=1S/C11H8N2O3S2/c14-9(15)6-13-10(16)8(18-11(13)17)5-7-1-3-12-4-2-7/h1-5H,6H2,(H,14,15)/b8-5-. The number of thioether (sulfide) groups is 1. The summed E-state index contributed by atoms with van der Waals surface area (Å²) in [4.78, 5) is 26.7. The summed E-state index contributed by atoms with van der Waals surface area (Å²) in [5.74, 6) is -1.73. The van der Waals surface area contributed by atoms with Crippen molar-refractivity contribution >= 4 is 46.3 Å². The molecule has 5 nitrogen and oxygen atoms in total. The zero-order valence-electron chi connectivity index (χ0n) is 9.08. The largest absolute Gasteiger partial charge is 0.548 e. The number of H-pyrrole nitrogens is 1. The summed E-state index contributed by atoms with van der Waals surface area (Å²) >= 11 is 6.05. The predicted octanol–water partition coefficient (Wildman–Crippen LogP) is -0.548. The maximum absolute atomic E-state index is 11.9. The molecule has 0 aromatic carbocycles. The summed E-state index contributed by atoms with van der Waals surface area (Å²) in [6.07, 6.45) is 5.13. The number of hydrogen-bond acceptors (Lipinski definition) is 5. The number of carboxylic acids is 1. The maximum atomic E-state index is 11.9. The van der Waals surface area contributed by atoms with Gasteiger partial charge in [0.25, 0.3) is 5.91 Å². The molecule has 0 aliphatic carbocycles. The topological polar surface area (TPSA) is 74.6 Å². The Morgan fingerprint density at radius 3 is 2.78 bits per heavy atom. The summed E-state index contributed by atoms with van der Waals surface area (Å²) in [6, 6.07) is 3.59. The van der Waals surface area contributed by atoms with Gasteiger partial charge in [-0.3, -0.25) is 9.69 Å². The highest BCUT2D eigenvalue weighted by molar-refractivity contribution is 8.26. The molecule has 1 amide bonds. The minimum absolute atomic E-state index is 0.234. The second-order valence-electron chi connectivity index (χ2n) is 3.47. The molecule has 0 atom stereocenters. The Morgan fingerprint density at radius 1 is 1.50 bits per heavy atom. The zero-order valence-corrected chi connectivity index (χ0v) is 10.7. The molecule has 0 radical (unpaired) electrons. The number of nitrogens with zero attached hydrogens (tertiary/aromatic N) is 1. The number of carbonyl (C=O) groups is 2. The fourth-order valence-electron chi connectivity index (χ4n) is 1.41. The number of carbonyl (C=O) groups excluding carboxylic acids is 2. The van der Waals surface area contributed by atoms with Gasteiger partial charge in [0, 0.05) is 12.1 Å². The average molecular weight is 280 g/mol. The highest BCUT2D eigenvalue weighted by Crippen LogP contribution is 2.31. The molecule has 1 aromatic heterocycles. The maximum Gasteiger partial charge on any atom is 0.266 e. The van der Waals surface area contributed by atoms with Gasteiger partial charge in [-0.25, -0.2) is 4.98 Å². The number of thiocarbonyl (C=S) groups is 1. The molecule has 0 spiro atoms. The predicted molar refractivity (Wildman–Crippen MR) is 67.9 cm³/mol. The van der Waals surface area contributed by atoms with Gasteiger partial charge in [0.2, 0.25) is 0 Å². The van der Waals surface area contributed by atoms with Crippen LogP contribution in [0.2, 0.25) is 0 Å². The number of rotatable bonds is 3. The molecule has 18 heavy (non-hydrogen) atoms. The normalized spacial score (nSPS) is 17.6. The molecule has 1 saturated heterocycles. The van der Waals surface area contributed by atoms with Crippen molar-refractivity contribution in [2.75, 3.05) is 6.54 Å². The van der Waals surface area contributed by atoms with E-state index < -0.39 is 18.4 Å². The van der Waals surface area contributed by atoms with Crippen LogP contribution in [0.15, 0.2) is 29.4 Å². The summed E-state index contributed by atoms with van der Waals surface area (Å²) in [7, 11) is 0. The minimum Gasteiger partial charge on any atom is -0.548 e. The third-order valence-electron chi connectivity index (χ3n) is 2.20. The van der Waals surface area contributed by atoms with Crippen LogP contribution in [0.1, 0.15) is 5.56 Å². The number of aromatic amines is 1. The molecule has 0 saturated carbocycles. The number of hydrogen-bond donors (Lipinski definition) is 0. The van der Waals surface area contributed by atoms with E-state index in [-0.39, 0.29) is 4.32 Å². The van der Waals surface area contributed by atoms with Gasteiger partial charge in [0.15, 0.2) is 12.4 Å². The van der Waals surface area contributed by atoms with E-state index in [9.17, 15) is 14.7 Å². The Labute approximate surface area is 113 Å². The quantitative estimate of drug-likeness (QED) is 0.549. The van der Waals surface area contributed by atoms with Crippen molar-refractivity contribution < 1.29 is 19.7 Å². The monoisotopic (exact) mass is 280 g/mol. The second kappa shape index (κ2) is 5.28. The SMILES string of the molecule is O=C([O-])CN1C(=O)/C(=C/c2cc[nH+]cc2)SC1=S. The van der Waals surface area contributed by atoms with E-state index in [2.05, 4.69) is 4.98 Å². The Bertz CT molecular complexity index is 542. The van der Waals surface area contributed by atoms with Crippen molar-refractivity contribution in [3.63, 3.8) is 0 Å². The Hall–Kier alpha value is -1.73. The van der Waals surface area contributed by atoms with Crippen LogP contribution in [0.5, 0.6) is 0 Å². The van der Waals surface area contributed by atoms with Crippen LogP contribution in [-0.4, -0.2) is 27.6 Å². The van der Waals surface area contributed by atoms with Crippen LogP contribution in [0.4, 0.5) is 0 Å². The van der Waals surface area contributed by atoms with Gasteiger partial charge >= 0.3 is 0 Å². The van der Waals surface area contributed by atoms with Gasteiger partial charge in [-0.1, -0.05) is 24.0 Å². The van der Waals surface area contributed by atoms with E-state index in [1.165, 1.54) is 0 Å². The lowest BCUT2D eigenvalue weighted by atomic mass is 10.2. The highest BCUT2D eigenvalue weighted by atomic mass is 32.2. The van der Waals surface area contributed by atoms with Gasteiger partial charge in [0.1, 0.15) is 4.32 Å². The van der Waals surface area contributed by atoms with Crippen LogP contribution < -0.4 is 10.1 Å². The van der Waals surface area contributed by atoms with E-state index in [0.717, 1.165) is 22.2 Å². The molecule has 2 heterocycles. The zero-order chi connectivity index (χ0) is 13.1. The van der Waals surface area contributed by atoms with Crippen LogP contribution in [0.3, 0.4) is 0 Å². The molecule has 7 heteroatoms. The van der Waals surface area contributed by atoms with Gasteiger partial charge in [-0.2, -0.15) is 0 Å². The number of carboxylic acid groups (broad SMARTS) is 1. The second-order valence-corrected chi connectivity index (χ2v) is 5.15. The van der Waals surface area contributed by atoms with E-state index in [1.54, 1.807) is 30.6 Å². The van der Waals surface area contributed by atoms with E-state index in [0.29, 0.717) is 4.91 Å². The van der Waals surface area contributed by atoms with Gasteiger partial charge in [0.05, 0.1) is 17.4 Å². The first-order valence-corrected chi connectivity index (χ1v) is 6.22. The van der Waals surface area contributed by atoms with Crippen LogP contribution in [-0.2, 0) is 9.59 Å². The number of pyridine rings is 1. The lowest BCUT2D eigenvalue weighted by Crippen LogP contribution is -2.40. The molecule has 0 bridgehead atoms. The first kappa shape index (κ1) is 12.7. The van der Waals surface area contributed by atoms with Gasteiger partial charge in [-0.15, -0.1) is 0 Å². The van der Waals surface area contributed by atoms with Crippen molar-refractivity contribution in [2.24, 2.45) is 0 Å². The van der Waals surface area contributed by atoms with Crippen molar-refractivity contribution in [1.82, 2.24) is 4.90 Å². The van der Waals surface area contributed by atoms with Crippen molar-refractivity contribution in [2.45, 2.75) is 0 Å². The molecular formula is C11H8N2O3S2. The fourth-order valence-corrected chi connectivity index (χ4v) is 2.67. The first-order chi connectivity index (χ1) is 8.58. The molecule has 1 fully saturated rings. The molecule has 0 unspecified atom stereocenters. The molecule has 2 rings (SSSR count). The Balaban J connectivity index is 2.23. The number of amides is 1. The molecule has 1 aliphatic rings. The number of nitrogens with one attached hydrogen (secondary N) is 1. The minimum atomic E-state index is -1.33. The van der Waals surface area contributed by atoms with Crippen molar-refractivity contribution in [3.8, 4) is 0 Å². The van der Waals surface area contributed by atoms with Gasteiger partial charge < -0.3 is 9.90 Å². The molecule has 92 valence electrons. The summed E-state index contributed by atoms with van der Waals surface area (Å²) in [5.41, 5.74) is 0.836. The van der Waals surface area contributed by atoms with E-state index in [4.69, 9.17) is 12.2 Å². The van der Waals surface area contributed by atoms with Crippen molar-refractivity contribution in [3.05, 3.63) is 35.0 Å². The van der Waals surface area contributed by atoms with Crippen LogP contribution in [0, 0.1) is 0 Å². The third kappa shape index (κ3) is 2.74. The van der Waals surface area contributed by atoms with Crippen LogP contribution >= 0.6 is 24.0 Å². The van der Waals surface area contributed by atoms with E-state index in [1.807, 2.05) is 0 Å².